The minimum Gasteiger partial charge on any atom is -0.451 e. The van der Waals surface area contributed by atoms with Gasteiger partial charge in [0.05, 0.1) is 11.8 Å². The van der Waals surface area contributed by atoms with E-state index in [0.29, 0.717) is 37.7 Å². The average Bonchev–Trinajstić information content (AvgIpc) is 3.28. The first kappa shape index (κ1) is 27.2. The minimum atomic E-state index is -0.537. The number of amides is 2. The Balaban J connectivity index is 1.71. The summed E-state index contributed by atoms with van der Waals surface area (Å²) in [7, 11) is 0. The molecule has 1 aromatic heterocycles. The predicted molar refractivity (Wildman–Crippen MR) is 135 cm³/mol. The van der Waals surface area contributed by atoms with Crippen molar-refractivity contribution in [2.45, 2.75) is 59.6 Å². The van der Waals surface area contributed by atoms with Crippen molar-refractivity contribution in [2.24, 2.45) is 5.92 Å². The number of anilines is 1. The number of carbonyl (C=O) groups excluding carboxylic acids is 2. The highest BCUT2D eigenvalue weighted by Crippen LogP contribution is 2.31. The van der Waals surface area contributed by atoms with Gasteiger partial charge >= 0.3 is 6.09 Å². The molecule has 2 amide bonds. The Labute approximate surface area is 212 Å². The van der Waals surface area contributed by atoms with Crippen molar-refractivity contribution in [3.63, 3.8) is 0 Å². The van der Waals surface area contributed by atoms with E-state index < -0.39 is 11.4 Å². The molecule has 0 unspecified atom stereocenters. The summed E-state index contributed by atoms with van der Waals surface area (Å²) in [5.41, 5.74) is -0.408. The molecule has 1 atom stereocenters. The standard InChI is InChI=1S/C26H36FN5O4/c1-7-32(17(2)3)24(33)20-12-19(27)8-9-21(20)35-22-14-28-16-30-23(22)29-13-18-10-11-31(15-18)25(34)36-26(4,5)6/h8-9,12,14,16-18H,7,10-11,13,15H2,1-6H3,(H,28,29,30)/t18-/m0/s1. The zero-order chi connectivity index (χ0) is 26.5. The molecule has 1 fully saturated rings. The van der Waals surface area contributed by atoms with Crippen LogP contribution in [0.2, 0.25) is 0 Å². The van der Waals surface area contributed by atoms with Gasteiger partial charge in [0.1, 0.15) is 23.5 Å². The second-order valence-corrected chi connectivity index (χ2v) is 10.1. The molecule has 0 radical (unpaired) electrons. The van der Waals surface area contributed by atoms with Crippen LogP contribution in [0.3, 0.4) is 0 Å². The molecule has 1 aliphatic rings. The second kappa shape index (κ2) is 11.5. The van der Waals surface area contributed by atoms with Crippen molar-refractivity contribution in [3.05, 3.63) is 42.1 Å². The van der Waals surface area contributed by atoms with E-state index in [0.717, 1.165) is 6.42 Å². The summed E-state index contributed by atoms with van der Waals surface area (Å²) < 4.78 is 25.6. The molecule has 0 bridgehead atoms. The van der Waals surface area contributed by atoms with Crippen molar-refractivity contribution in [3.8, 4) is 11.5 Å². The quantitative estimate of drug-likeness (QED) is 0.547. The van der Waals surface area contributed by atoms with Crippen LogP contribution in [0.15, 0.2) is 30.7 Å². The molecule has 10 heteroatoms. The molecule has 36 heavy (non-hydrogen) atoms. The zero-order valence-electron chi connectivity index (χ0n) is 21.9. The highest BCUT2D eigenvalue weighted by molar-refractivity contribution is 5.97. The maximum atomic E-state index is 14.1. The molecule has 1 saturated heterocycles. The van der Waals surface area contributed by atoms with E-state index in [-0.39, 0.29) is 35.3 Å². The van der Waals surface area contributed by atoms with Crippen LogP contribution in [0.25, 0.3) is 0 Å². The predicted octanol–water partition coefficient (Wildman–Crippen LogP) is 4.95. The average molecular weight is 502 g/mol. The Kier molecular flexibility index (Phi) is 8.70. The Morgan fingerprint density at radius 3 is 2.69 bits per heavy atom. The highest BCUT2D eigenvalue weighted by atomic mass is 19.1. The van der Waals surface area contributed by atoms with Gasteiger partial charge in [-0.05, 0) is 72.1 Å². The number of halogens is 1. The third-order valence-corrected chi connectivity index (χ3v) is 5.79. The molecule has 2 aromatic rings. The molecule has 0 saturated carbocycles. The molecule has 1 aliphatic heterocycles. The number of aromatic nitrogens is 2. The number of carbonyl (C=O) groups is 2. The summed E-state index contributed by atoms with van der Waals surface area (Å²) >= 11 is 0. The fourth-order valence-corrected chi connectivity index (χ4v) is 4.03. The Bertz CT molecular complexity index is 1070. The van der Waals surface area contributed by atoms with Gasteiger partial charge in [0.2, 0.25) is 0 Å². The van der Waals surface area contributed by atoms with E-state index in [9.17, 15) is 14.0 Å². The van der Waals surface area contributed by atoms with Gasteiger partial charge in [-0.3, -0.25) is 4.79 Å². The van der Waals surface area contributed by atoms with Crippen LogP contribution in [0.1, 0.15) is 58.3 Å². The van der Waals surface area contributed by atoms with Gasteiger partial charge in [0, 0.05) is 32.2 Å². The molecule has 0 aliphatic carbocycles. The molecule has 3 rings (SSSR count). The van der Waals surface area contributed by atoms with Crippen LogP contribution in [0.5, 0.6) is 11.5 Å². The molecular weight excluding hydrogens is 465 g/mol. The Morgan fingerprint density at radius 1 is 1.28 bits per heavy atom. The fraction of sp³-hybridized carbons (Fsp3) is 0.538. The lowest BCUT2D eigenvalue weighted by Gasteiger charge is -2.26. The lowest BCUT2D eigenvalue weighted by atomic mass is 10.1. The molecule has 2 heterocycles. The number of hydrogen-bond acceptors (Lipinski definition) is 7. The topological polar surface area (TPSA) is 96.9 Å². The van der Waals surface area contributed by atoms with Gasteiger partial charge in [-0.2, -0.15) is 0 Å². The third-order valence-electron chi connectivity index (χ3n) is 5.79. The summed E-state index contributed by atoms with van der Waals surface area (Å²) in [6.45, 7) is 13.5. The zero-order valence-corrected chi connectivity index (χ0v) is 21.9. The van der Waals surface area contributed by atoms with Crippen LogP contribution >= 0.6 is 0 Å². The first-order chi connectivity index (χ1) is 17.0. The Morgan fingerprint density at radius 2 is 2.03 bits per heavy atom. The van der Waals surface area contributed by atoms with Gasteiger partial charge < -0.3 is 24.6 Å². The SMILES string of the molecule is CCN(C(=O)c1cc(F)ccc1Oc1cncnc1NC[C@@H]1CCN(C(=O)OC(C)(C)C)C1)C(C)C. The maximum absolute atomic E-state index is 14.1. The monoisotopic (exact) mass is 501 g/mol. The molecule has 1 aromatic carbocycles. The van der Waals surface area contributed by atoms with Crippen LogP contribution < -0.4 is 10.1 Å². The number of hydrogen-bond donors (Lipinski definition) is 1. The number of nitrogens with one attached hydrogen (secondary N) is 1. The highest BCUT2D eigenvalue weighted by Gasteiger charge is 2.30. The maximum Gasteiger partial charge on any atom is 0.410 e. The van der Waals surface area contributed by atoms with Gasteiger partial charge in [0.25, 0.3) is 5.91 Å². The number of benzene rings is 1. The Hall–Kier alpha value is -3.43. The lowest BCUT2D eigenvalue weighted by molar-refractivity contribution is 0.0289. The van der Waals surface area contributed by atoms with Crippen molar-refractivity contribution in [2.75, 3.05) is 31.5 Å². The van der Waals surface area contributed by atoms with Crippen molar-refractivity contribution in [1.82, 2.24) is 19.8 Å². The van der Waals surface area contributed by atoms with Crippen molar-refractivity contribution < 1.29 is 23.5 Å². The number of ether oxygens (including phenoxy) is 2. The molecule has 1 N–H and O–H groups in total. The van der Waals surface area contributed by atoms with E-state index in [4.69, 9.17) is 9.47 Å². The first-order valence-corrected chi connectivity index (χ1v) is 12.3. The first-order valence-electron chi connectivity index (χ1n) is 12.3. The minimum absolute atomic E-state index is 0.0532. The third kappa shape index (κ3) is 7.05. The van der Waals surface area contributed by atoms with Crippen molar-refractivity contribution in [1.29, 1.82) is 0 Å². The van der Waals surface area contributed by atoms with Gasteiger partial charge in [-0.15, -0.1) is 0 Å². The van der Waals surface area contributed by atoms with Crippen LogP contribution in [0, 0.1) is 11.7 Å². The summed E-state index contributed by atoms with van der Waals surface area (Å²) in [5.74, 6) is 0.334. The number of rotatable bonds is 8. The van der Waals surface area contributed by atoms with Gasteiger partial charge in [-0.1, -0.05) is 0 Å². The van der Waals surface area contributed by atoms with Gasteiger partial charge in [0.15, 0.2) is 11.6 Å². The van der Waals surface area contributed by atoms with Crippen molar-refractivity contribution >= 4 is 17.8 Å². The molecule has 196 valence electrons. The van der Waals surface area contributed by atoms with Gasteiger partial charge in [-0.25, -0.2) is 19.2 Å². The summed E-state index contributed by atoms with van der Waals surface area (Å²) in [4.78, 5) is 37.2. The molecule has 0 spiro atoms. The van der Waals surface area contributed by atoms with E-state index in [1.807, 2.05) is 41.5 Å². The smallest absolute Gasteiger partial charge is 0.410 e. The van der Waals surface area contributed by atoms with Crippen LogP contribution in [0.4, 0.5) is 15.0 Å². The van der Waals surface area contributed by atoms with E-state index in [2.05, 4.69) is 15.3 Å². The fourth-order valence-electron chi connectivity index (χ4n) is 4.03. The number of likely N-dealkylation sites (tertiary alicyclic amines) is 1. The number of nitrogens with zero attached hydrogens (tertiary/aromatic N) is 4. The van der Waals surface area contributed by atoms with Crippen LogP contribution in [-0.4, -0.2) is 69.6 Å². The van der Waals surface area contributed by atoms with Crippen LogP contribution in [-0.2, 0) is 4.74 Å². The summed E-state index contributed by atoms with van der Waals surface area (Å²) in [6, 6.07) is 3.81. The normalized spacial score (nSPS) is 15.7. The van der Waals surface area contributed by atoms with E-state index >= 15 is 0 Å². The lowest BCUT2D eigenvalue weighted by Crippen LogP contribution is -2.36. The van der Waals surface area contributed by atoms with E-state index in [1.165, 1.54) is 30.7 Å². The van der Waals surface area contributed by atoms with E-state index in [1.54, 1.807) is 9.80 Å². The summed E-state index contributed by atoms with van der Waals surface area (Å²) in [6.07, 6.45) is 3.40. The second-order valence-electron chi connectivity index (χ2n) is 10.1. The summed E-state index contributed by atoms with van der Waals surface area (Å²) in [5, 5.41) is 3.27. The molecular formula is C26H36FN5O4. The molecule has 9 nitrogen and oxygen atoms in total. The largest absolute Gasteiger partial charge is 0.451 e.